The molecule has 0 saturated heterocycles. The van der Waals surface area contributed by atoms with Gasteiger partial charge in [-0.3, -0.25) is 4.57 Å². The minimum Gasteiger partial charge on any atom is -0.396 e. The first-order valence-electron chi connectivity index (χ1n) is 4.36. The predicted octanol–water partition coefficient (Wildman–Crippen LogP) is 0.353. The smallest absolute Gasteiger partial charge is 0.166 e. The Kier molecular flexibility index (Phi) is 2.81. The first kappa shape index (κ1) is 10.3. The van der Waals surface area contributed by atoms with Gasteiger partial charge < -0.3 is 10.2 Å². The summed E-state index contributed by atoms with van der Waals surface area (Å²) in [4.78, 5) is 11.7. The molecule has 0 aliphatic rings. The summed E-state index contributed by atoms with van der Waals surface area (Å²) in [6, 6.07) is 0. The Morgan fingerprint density at radius 2 is 2.20 bits per heavy atom. The van der Waals surface area contributed by atoms with Gasteiger partial charge in [-0.05, 0) is 0 Å². The molecule has 7 heteroatoms. The summed E-state index contributed by atoms with van der Waals surface area (Å²) in [5.41, 5.74) is 0.895. The van der Waals surface area contributed by atoms with E-state index in [1.54, 1.807) is 0 Å². The fourth-order valence-electron chi connectivity index (χ4n) is 1.30. The van der Waals surface area contributed by atoms with Crippen LogP contribution in [-0.4, -0.2) is 36.3 Å². The third-order valence-electron chi connectivity index (χ3n) is 2.02. The normalized spacial score (nSPS) is 13.3. The quantitative estimate of drug-likeness (QED) is 0.741. The van der Waals surface area contributed by atoms with Crippen molar-refractivity contribution in [3.8, 4) is 0 Å². The zero-order valence-corrected chi connectivity index (χ0v) is 8.46. The highest BCUT2D eigenvalue weighted by Gasteiger charge is 2.13. The van der Waals surface area contributed by atoms with Crippen molar-refractivity contribution in [3.63, 3.8) is 0 Å². The van der Waals surface area contributed by atoms with E-state index in [-0.39, 0.29) is 18.2 Å². The Hall–Kier alpha value is -1.24. The van der Waals surface area contributed by atoms with E-state index in [4.69, 9.17) is 16.7 Å². The van der Waals surface area contributed by atoms with Crippen LogP contribution in [0.3, 0.4) is 0 Å². The minimum atomic E-state index is -0.856. The van der Waals surface area contributed by atoms with Crippen LogP contribution < -0.4 is 0 Å². The molecular weight excluding hydrogens is 220 g/mol. The van der Waals surface area contributed by atoms with E-state index in [0.29, 0.717) is 11.2 Å². The molecule has 6 nitrogen and oxygen atoms in total. The standard InChI is InChI=1S/C8H9ClN4O2/c9-7-6-8(11-3-10-7)13(4-12-6)5(15)1-2-14/h3-5,14-15H,1-2H2. The number of halogens is 1. The average molecular weight is 229 g/mol. The molecule has 0 radical (unpaired) electrons. The van der Waals surface area contributed by atoms with Crippen LogP contribution in [0, 0.1) is 0 Å². The van der Waals surface area contributed by atoms with E-state index in [9.17, 15) is 5.11 Å². The highest BCUT2D eigenvalue weighted by molar-refractivity contribution is 6.33. The lowest BCUT2D eigenvalue weighted by molar-refractivity contribution is 0.0759. The van der Waals surface area contributed by atoms with Gasteiger partial charge in [-0.15, -0.1) is 0 Å². The summed E-state index contributed by atoms with van der Waals surface area (Å²) in [5.74, 6) is 0. The van der Waals surface area contributed by atoms with E-state index in [1.165, 1.54) is 17.2 Å². The van der Waals surface area contributed by atoms with Crippen molar-refractivity contribution in [2.45, 2.75) is 12.6 Å². The molecule has 0 aliphatic carbocycles. The lowest BCUT2D eigenvalue weighted by Crippen LogP contribution is -2.09. The van der Waals surface area contributed by atoms with E-state index >= 15 is 0 Å². The maximum absolute atomic E-state index is 9.66. The largest absolute Gasteiger partial charge is 0.396 e. The van der Waals surface area contributed by atoms with Gasteiger partial charge in [-0.1, -0.05) is 11.6 Å². The van der Waals surface area contributed by atoms with Crippen LogP contribution in [0.5, 0.6) is 0 Å². The molecule has 80 valence electrons. The van der Waals surface area contributed by atoms with Crippen molar-refractivity contribution in [1.29, 1.82) is 0 Å². The average Bonchev–Trinajstić information content (AvgIpc) is 2.63. The first-order chi connectivity index (χ1) is 7.24. The van der Waals surface area contributed by atoms with Crippen molar-refractivity contribution >= 4 is 22.8 Å². The molecule has 0 bridgehead atoms. The third kappa shape index (κ3) is 1.79. The first-order valence-corrected chi connectivity index (χ1v) is 4.74. The second-order valence-electron chi connectivity index (χ2n) is 2.98. The van der Waals surface area contributed by atoms with Crippen LogP contribution in [-0.2, 0) is 0 Å². The summed E-state index contributed by atoms with van der Waals surface area (Å²) in [5, 5.41) is 18.6. The molecule has 0 aromatic carbocycles. The van der Waals surface area contributed by atoms with Gasteiger partial charge in [-0.25, -0.2) is 15.0 Å². The van der Waals surface area contributed by atoms with Crippen molar-refractivity contribution in [1.82, 2.24) is 19.5 Å². The molecule has 2 aromatic rings. The zero-order chi connectivity index (χ0) is 10.8. The minimum absolute atomic E-state index is 0.111. The van der Waals surface area contributed by atoms with E-state index in [0.717, 1.165) is 0 Å². The fraction of sp³-hybridized carbons (Fsp3) is 0.375. The molecule has 0 aliphatic heterocycles. The third-order valence-corrected chi connectivity index (χ3v) is 2.30. The molecule has 0 amide bonds. The fourth-order valence-corrected chi connectivity index (χ4v) is 1.47. The number of hydrogen-bond acceptors (Lipinski definition) is 5. The van der Waals surface area contributed by atoms with Gasteiger partial charge in [0.15, 0.2) is 10.8 Å². The van der Waals surface area contributed by atoms with Gasteiger partial charge in [0.1, 0.15) is 18.1 Å². The maximum Gasteiger partial charge on any atom is 0.166 e. The van der Waals surface area contributed by atoms with Crippen LogP contribution in [0.2, 0.25) is 5.15 Å². The number of nitrogens with zero attached hydrogens (tertiary/aromatic N) is 4. The lowest BCUT2D eigenvalue weighted by Gasteiger charge is -2.10. The van der Waals surface area contributed by atoms with Crippen LogP contribution in [0.1, 0.15) is 12.6 Å². The zero-order valence-electron chi connectivity index (χ0n) is 7.71. The molecule has 0 spiro atoms. The van der Waals surface area contributed by atoms with Crippen LogP contribution in [0.4, 0.5) is 0 Å². The highest BCUT2D eigenvalue weighted by atomic mass is 35.5. The summed E-state index contributed by atoms with van der Waals surface area (Å²) in [6.07, 6.45) is 2.08. The molecule has 0 fully saturated rings. The topological polar surface area (TPSA) is 84.1 Å². The Morgan fingerprint density at radius 3 is 2.93 bits per heavy atom. The molecule has 2 rings (SSSR count). The SMILES string of the molecule is OCCC(O)n1cnc2c(Cl)ncnc21. The summed E-state index contributed by atoms with van der Waals surface area (Å²) in [6.45, 7) is -0.111. The number of aliphatic hydroxyl groups is 2. The van der Waals surface area contributed by atoms with Gasteiger partial charge in [0.2, 0.25) is 0 Å². The molecule has 2 aromatic heterocycles. The van der Waals surface area contributed by atoms with Gasteiger partial charge in [-0.2, -0.15) is 0 Å². The Bertz CT molecular complexity index is 473. The van der Waals surface area contributed by atoms with Gasteiger partial charge >= 0.3 is 0 Å². The van der Waals surface area contributed by atoms with Crippen molar-refractivity contribution in [2.75, 3.05) is 6.61 Å². The molecule has 1 unspecified atom stereocenters. The Morgan fingerprint density at radius 1 is 1.40 bits per heavy atom. The molecule has 15 heavy (non-hydrogen) atoms. The number of rotatable bonds is 3. The van der Waals surface area contributed by atoms with E-state index in [1.807, 2.05) is 0 Å². The van der Waals surface area contributed by atoms with Crippen molar-refractivity contribution in [3.05, 3.63) is 17.8 Å². The highest BCUT2D eigenvalue weighted by Crippen LogP contribution is 2.20. The molecule has 1 atom stereocenters. The second kappa shape index (κ2) is 4.09. The summed E-state index contributed by atoms with van der Waals surface area (Å²) < 4.78 is 1.44. The molecule has 0 saturated carbocycles. The Labute approximate surface area is 90.2 Å². The van der Waals surface area contributed by atoms with Crippen LogP contribution >= 0.6 is 11.6 Å². The molecular formula is C8H9ClN4O2. The van der Waals surface area contributed by atoms with Crippen molar-refractivity contribution in [2.24, 2.45) is 0 Å². The second-order valence-corrected chi connectivity index (χ2v) is 3.34. The summed E-state index contributed by atoms with van der Waals surface area (Å²) >= 11 is 5.79. The van der Waals surface area contributed by atoms with Crippen LogP contribution in [0.25, 0.3) is 11.2 Å². The van der Waals surface area contributed by atoms with E-state index < -0.39 is 6.23 Å². The number of imidazole rings is 1. The number of hydrogen-bond donors (Lipinski definition) is 2. The predicted molar refractivity (Wildman–Crippen MR) is 53.3 cm³/mol. The van der Waals surface area contributed by atoms with Crippen molar-refractivity contribution < 1.29 is 10.2 Å². The lowest BCUT2D eigenvalue weighted by atomic mass is 10.4. The van der Waals surface area contributed by atoms with Crippen LogP contribution in [0.15, 0.2) is 12.7 Å². The molecule has 2 N–H and O–H groups in total. The van der Waals surface area contributed by atoms with Gasteiger partial charge in [0, 0.05) is 13.0 Å². The number of fused-ring (bicyclic) bond motifs is 1. The number of aromatic nitrogens is 4. The van der Waals surface area contributed by atoms with Gasteiger partial charge in [0.05, 0.1) is 6.33 Å². The Balaban J connectivity index is 2.49. The number of aliphatic hydroxyl groups excluding tert-OH is 2. The molecule has 2 heterocycles. The summed E-state index contributed by atoms with van der Waals surface area (Å²) in [7, 11) is 0. The van der Waals surface area contributed by atoms with E-state index in [2.05, 4.69) is 15.0 Å². The maximum atomic E-state index is 9.66. The monoisotopic (exact) mass is 228 g/mol. The van der Waals surface area contributed by atoms with Gasteiger partial charge in [0.25, 0.3) is 0 Å².